The Morgan fingerprint density at radius 3 is 2.83 bits per heavy atom. The lowest BCUT2D eigenvalue weighted by molar-refractivity contribution is 0.388. The second-order valence-electron chi connectivity index (χ2n) is 4.74. The van der Waals surface area contributed by atoms with Crippen molar-refractivity contribution in [2.24, 2.45) is 0 Å². The van der Waals surface area contributed by atoms with E-state index in [9.17, 15) is 4.39 Å². The number of hydrogen-bond donors (Lipinski definition) is 1. The Bertz CT molecular complexity index is 533. The van der Waals surface area contributed by atoms with Crippen molar-refractivity contribution >= 4 is 17.0 Å². The van der Waals surface area contributed by atoms with Crippen molar-refractivity contribution in [3.8, 4) is 0 Å². The highest BCUT2D eigenvalue weighted by atomic mass is 19.1. The van der Waals surface area contributed by atoms with Gasteiger partial charge in [-0.25, -0.2) is 9.37 Å². The maximum Gasteiger partial charge on any atom is 0.201 e. The van der Waals surface area contributed by atoms with Gasteiger partial charge in [-0.05, 0) is 45.6 Å². The van der Waals surface area contributed by atoms with Crippen molar-refractivity contribution in [2.45, 2.75) is 19.4 Å². The summed E-state index contributed by atoms with van der Waals surface area (Å²) in [5.41, 5.74) is 6.98. The van der Waals surface area contributed by atoms with E-state index in [1.165, 1.54) is 6.07 Å². The van der Waals surface area contributed by atoms with E-state index in [1.54, 1.807) is 6.07 Å². The summed E-state index contributed by atoms with van der Waals surface area (Å²) in [7, 11) is 4.10. The van der Waals surface area contributed by atoms with Gasteiger partial charge >= 0.3 is 0 Å². The first-order valence-corrected chi connectivity index (χ1v) is 6.14. The fraction of sp³-hybridized carbons (Fsp3) is 0.462. The summed E-state index contributed by atoms with van der Waals surface area (Å²) in [4.78, 5) is 6.23. The molecule has 0 radical (unpaired) electrons. The lowest BCUT2D eigenvalue weighted by atomic mass is 10.2. The monoisotopic (exact) mass is 250 g/mol. The number of hydrogen-bond acceptors (Lipinski definition) is 3. The first-order chi connectivity index (χ1) is 8.59. The Morgan fingerprint density at radius 1 is 1.33 bits per heavy atom. The molecule has 0 aliphatic rings. The van der Waals surface area contributed by atoms with Crippen molar-refractivity contribution < 1.29 is 4.39 Å². The van der Waals surface area contributed by atoms with Crippen LogP contribution in [0, 0.1) is 5.82 Å². The molecule has 0 fully saturated rings. The number of fused-ring (bicyclic) bond motifs is 1. The average molecular weight is 250 g/mol. The van der Waals surface area contributed by atoms with Crippen LogP contribution in [0.15, 0.2) is 18.2 Å². The lowest BCUT2D eigenvalue weighted by Gasteiger charge is -2.10. The zero-order valence-corrected chi connectivity index (χ0v) is 10.9. The molecular weight excluding hydrogens is 231 g/mol. The normalized spacial score (nSPS) is 11.6. The maximum atomic E-state index is 13.5. The zero-order valence-electron chi connectivity index (χ0n) is 10.9. The zero-order chi connectivity index (χ0) is 13.1. The minimum Gasteiger partial charge on any atom is -0.369 e. The van der Waals surface area contributed by atoms with Crippen molar-refractivity contribution in [3.05, 3.63) is 24.0 Å². The molecule has 0 unspecified atom stereocenters. The third-order valence-electron chi connectivity index (χ3n) is 3.00. The van der Waals surface area contributed by atoms with Crippen LogP contribution in [0.4, 0.5) is 10.3 Å². The Balaban J connectivity index is 2.13. The Hall–Kier alpha value is -1.62. The summed E-state index contributed by atoms with van der Waals surface area (Å²) < 4.78 is 15.4. The molecule has 0 spiro atoms. The molecule has 0 saturated carbocycles. The SMILES string of the molecule is CN(C)CCCCn1c(N)nc2c(F)cccc21. The first-order valence-electron chi connectivity index (χ1n) is 6.14. The molecule has 2 N–H and O–H groups in total. The number of para-hydroxylation sites is 1. The lowest BCUT2D eigenvalue weighted by Crippen LogP contribution is -2.13. The van der Waals surface area contributed by atoms with Crippen molar-refractivity contribution in [1.82, 2.24) is 14.5 Å². The Morgan fingerprint density at radius 2 is 2.11 bits per heavy atom. The summed E-state index contributed by atoms with van der Waals surface area (Å²) >= 11 is 0. The van der Waals surface area contributed by atoms with Crippen LogP contribution in [0.1, 0.15) is 12.8 Å². The third kappa shape index (κ3) is 2.61. The molecule has 1 heterocycles. The van der Waals surface area contributed by atoms with Crippen molar-refractivity contribution in [1.29, 1.82) is 0 Å². The van der Waals surface area contributed by atoms with Gasteiger partial charge in [-0.2, -0.15) is 0 Å². The fourth-order valence-electron chi connectivity index (χ4n) is 2.06. The number of nitrogen functional groups attached to an aromatic ring is 1. The predicted molar refractivity (Wildman–Crippen MR) is 71.9 cm³/mol. The van der Waals surface area contributed by atoms with Gasteiger partial charge in [-0.3, -0.25) is 0 Å². The molecule has 0 bridgehead atoms. The molecule has 0 aliphatic heterocycles. The molecule has 5 heteroatoms. The standard InChI is InChI=1S/C13H19FN4/c1-17(2)8-3-4-9-18-11-7-5-6-10(14)12(11)16-13(18)15/h5-7H,3-4,8-9H2,1-2H3,(H2,15,16). The molecule has 2 rings (SSSR count). The summed E-state index contributed by atoms with van der Waals surface area (Å²) in [6.45, 7) is 1.82. The number of benzene rings is 1. The number of halogens is 1. The molecule has 0 atom stereocenters. The minimum atomic E-state index is -0.314. The first kappa shape index (κ1) is 12.8. The molecular formula is C13H19FN4. The molecule has 18 heavy (non-hydrogen) atoms. The number of anilines is 1. The number of nitrogens with two attached hydrogens (primary N) is 1. The summed E-state index contributed by atoms with van der Waals surface area (Å²) in [6.07, 6.45) is 2.09. The molecule has 2 aromatic rings. The predicted octanol–water partition coefficient (Wildman–Crippen LogP) is 2.10. The molecule has 0 saturated heterocycles. The van der Waals surface area contributed by atoms with Gasteiger partial charge in [0.1, 0.15) is 5.52 Å². The largest absolute Gasteiger partial charge is 0.369 e. The highest BCUT2D eigenvalue weighted by Gasteiger charge is 2.10. The number of aryl methyl sites for hydroxylation is 1. The average Bonchev–Trinajstić information content (AvgIpc) is 2.63. The number of nitrogens with zero attached hydrogens (tertiary/aromatic N) is 3. The van der Waals surface area contributed by atoms with E-state index in [0.717, 1.165) is 31.4 Å². The summed E-state index contributed by atoms with van der Waals surface area (Å²) in [5, 5.41) is 0. The van der Waals surface area contributed by atoms with Crippen molar-refractivity contribution in [2.75, 3.05) is 26.4 Å². The second kappa shape index (κ2) is 5.35. The highest BCUT2D eigenvalue weighted by molar-refractivity contribution is 5.78. The van der Waals surface area contributed by atoms with Crippen LogP contribution >= 0.6 is 0 Å². The van der Waals surface area contributed by atoms with Crippen LogP contribution in [-0.2, 0) is 6.54 Å². The molecule has 0 amide bonds. The van der Waals surface area contributed by atoms with Crippen LogP contribution in [0.2, 0.25) is 0 Å². The van der Waals surface area contributed by atoms with Gasteiger partial charge in [0, 0.05) is 6.54 Å². The van der Waals surface area contributed by atoms with Gasteiger partial charge in [0.15, 0.2) is 5.82 Å². The van der Waals surface area contributed by atoms with Gasteiger partial charge in [0.25, 0.3) is 0 Å². The fourth-order valence-corrected chi connectivity index (χ4v) is 2.06. The van der Waals surface area contributed by atoms with E-state index < -0.39 is 0 Å². The van der Waals surface area contributed by atoms with E-state index in [2.05, 4.69) is 24.0 Å². The summed E-state index contributed by atoms with van der Waals surface area (Å²) in [6, 6.07) is 4.95. The summed E-state index contributed by atoms with van der Waals surface area (Å²) in [5.74, 6) is 0.0752. The van der Waals surface area contributed by atoms with Crippen LogP contribution in [0.3, 0.4) is 0 Å². The Kier molecular flexibility index (Phi) is 3.81. The Labute approximate surface area is 106 Å². The molecule has 1 aromatic carbocycles. The number of rotatable bonds is 5. The van der Waals surface area contributed by atoms with Gasteiger partial charge in [0.05, 0.1) is 5.52 Å². The van der Waals surface area contributed by atoms with E-state index in [1.807, 2.05) is 10.6 Å². The van der Waals surface area contributed by atoms with Gasteiger partial charge in [0.2, 0.25) is 5.95 Å². The van der Waals surface area contributed by atoms with Crippen LogP contribution in [0.5, 0.6) is 0 Å². The second-order valence-corrected chi connectivity index (χ2v) is 4.74. The third-order valence-corrected chi connectivity index (χ3v) is 3.00. The van der Waals surface area contributed by atoms with Crippen LogP contribution < -0.4 is 5.73 Å². The van der Waals surface area contributed by atoms with E-state index >= 15 is 0 Å². The number of aromatic nitrogens is 2. The molecule has 4 nitrogen and oxygen atoms in total. The molecule has 1 aromatic heterocycles. The maximum absolute atomic E-state index is 13.5. The van der Waals surface area contributed by atoms with Gasteiger partial charge < -0.3 is 15.2 Å². The topological polar surface area (TPSA) is 47.1 Å². The van der Waals surface area contributed by atoms with Crippen LogP contribution in [0.25, 0.3) is 11.0 Å². The van der Waals surface area contributed by atoms with E-state index in [-0.39, 0.29) is 5.82 Å². The van der Waals surface area contributed by atoms with Gasteiger partial charge in [-0.1, -0.05) is 6.07 Å². The number of unbranched alkanes of at least 4 members (excludes halogenated alkanes) is 1. The quantitative estimate of drug-likeness (QED) is 0.827. The van der Waals surface area contributed by atoms with Crippen molar-refractivity contribution in [3.63, 3.8) is 0 Å². The highest BCUT2D eigenvalue weighted by Crippen LogP contribution is 2.20. The van der Waals surface area contributed by atoms with Crippen LogP contribution in [-0.4, -0.2) is 35.1 Å². The molecule has 98 valence electrons. The smallest absolute Gasteiger partial charge is 0.201 e. The molecule has 0 aliphatic carbocycles. The van der Waals surface area contributed by atoms with E-state index in [0.29, 0.717) is 11.5 Å². The number of imidazole rings is 1. The van der Waals surface area contributed by atoms with Gasteiger partial charge in [-0.15, -0.1) is 0 Å². The minimum absolute atomic E-state index is 0.314. The van der Waals surface area contributed by atoms with E-state index in [4.69, 9.17) is 5.73 Å².